The summed E-state index contributed by atoms with van der Waals surface area (Å²) < 4.78 is 1.05. The zero-order valence-electron chi connectivity index (χ0n) is 13.5. The third kappa shape index (κ3) is 5.30. The van der Waals surface area contributed by atoms with Gasteiger partial charge in [-0.15, -0.1) is 0 Å². The molecule has 1 heterocycles. The van der Waals surface area contributed by atoms with Gasteiger partial charge < -0.3 is 4.90 Å². The molecule has 3 rings (SSSR count). The Hall–Kier alpha value is -0.880. The van der Waals surface area contributed by atoms with Gasteiger partial charge in [-0.05, 0) is 51.8 Å². The van der Waals surface area contributed by atoms with Crippen LogP contribution in [0.5, 0.6) is 0 Å². The van der Waals surface area contributed by atoms with Gasteiger partial charge >= 0.3 is 0 Å². The normalized spacial score (nSPS) is 14.9. The van der Waals surface area contributed by atoms with Crippen molar-refractivity contribution in [1.29, 1.82) is 0 Å². The lowest BCUT2D eigenvalue weighted by Gasteiger charge is -2.25. The van der Waals surface area contributed by atoms with Gasteiger partial charge in [-0.3, -0.25) is 4.79 Å². The Morgan fingerprint density at radius 1 is 1.16 bits per heavy atom. The number of hydrogen-bond acceptors (Lipinski definition) is 3. The van der Waals surface area contributed by atoms with Crippen LogP contribution in [0.1, 0.15) is 5.56 Å². The Morgan fingerprint density at radius 2 is 1.92 bits per heavy atom. The minimum atomic E-state index is 0.0723. The number of thioether (sulfide) groups is 1. The summed E-state index contributed by atoms with van der Waals surface area (Å²) in [6.07, 6.45) is 3.48. The van der Waals surface area contributed by atoms with E-state index in [0.29, 0.717) is 5.02 Å². The van der Waals surface area contributed by atoms with E-state index >= 15 is 0 Å². The van der Waals surface area contributed by atoms with E-state index in [0.717, 1.165) is 44.4 Å². The van der Waals surface area contributed by atoms with Crippen molar-refractivity contribution in [3.63, 3.8) is 0 Å². The summed E-state index contributed by atoms with van der Waals surface area (Å²) in [5, 5.41) is 0.685. The summed E-state index contributed by atoms with van der Waals surface area (Å²) in [4.78, 5) is 16.2. The summed E-state index contributed by atoms with van der Waals surface area (Å²) in [5.41, 5.74) is 0.932. The fourth-order valence-corrected chi connectivity index (χ4v) is 4.98. The third-order valence-electron chi connectivity index (χ3n) is 3.75. The smallest absolute Gasteiger partial charge is 0.246 e. The van der Waals surface area contributed by atoms with Gasteiger partial charge in [0.1, 0.15) is 0 Å². The van der Waals surface area contributed by atoms with Gasteiger partial charge in [-0.2, -0.15) is 11.8 Å². The first kappa shape index (κ1) is 18.9. The molecule has 1 saturated heterocycles. The standard InChI is InChI=1S/C19H17BrClNOS2/c20-15-3-1-2-4-17(15)25-18-7-5-14(13-16(18)21)6-8-19(23)22-9-11-24-12-10-22/h1-8,13H,9-12H2/b8-6+. The van der Waals surface area contributed by atoms with Crippen molar-refractivity contribution in [2.75, 3.05) is 24.6 Å². The number of amides is 1. The first-order chi connectivity index (χ1) is 12.1. The van der Waals surface area contributed by atoms with E-state index < -0.39 is 0 Å². The molecule has 25 heavy (non-hydrogen) atoms. The predicted molar refractivity (Wildman–Crippen MR) is 113 cm³/mol. The van der Waals surface area contributed by atoms with E-state index in [9.17, 15) is 4.79 Å². The highest BCUT2D eigenvalue weighted by atomic mass is 79.9. The molecule has 0 bridgehead atoms. The summed E-state index contributed by atoms with van der Waals surface area (Å²) in [6.45, 7) is 1.66. The van der Waals surface area contributed by atoms with Crippen LogP contribution in [0.4, 0.5) is 0 Å². The predicted octanol–water partition coefficient (Wildman–Crippen LogP) is 5.84. The first-order valence-electron chi connectivity index (χ1n) is 7.90. The Bertz CT molecular complexity index is 791. The van der Waals surface area contributed by atoms with E-state index in [1.54, 1.807) is 17.8 Å². The monoisotopic (exact) mass is 453 g/mol. The third-order valence-corrected chi connectivity index (χ3v) is 7.23. The highest BCUT2D eigenvalue weighted by molar-refractivity contribution is 9.10. The molecule has 0 atom stereocenters. The molecular weight excluding hydrogens is 438 g/mol. The summed E-state index contributed by atoms with van der Waals surface area (Å²) in [7, 11) is 0. The van der Waals surface area contributed by atoms with Crippen molar-refractivity contribution >= 4 is 63.0 Å². The van der Waals surface area contributed by atoms with Gasteiger partial charge in [-0.25, -0.2) is 0 Å². The highest BCUT2D eigenvalue weighted by Crippen LogP contribution is 2.37. The van der Waals surface area contributed by atoms with Crippen molar-refractivity contribution in [1.82, 2.24) is 4.90 Å². The van der Waals surface area contributed by atoms with Crippen LogP contribution in [0, 0.1) is 0 Å². The van der Waals surface area contributed by atoms with E-state index in [1.807, 2.05) is 59.1 Å². The van der Waals surface area contributed by atoms with Crippen LogP contribution < -0.4 is 0 Å². The van der Waals surface area contributed by atoms with Crippen LogP contribution in [0.25, 0.3) is 6.08 Å². The molecule has 0 aliphatic carbocycles. The molecule has 2 aromatic carbocycles. The number of nitrogens with zero attached hydrogens (tertiary/aromatic N) is 1. The lowest BCUT2D eigenvalue weighted by Crippen LogP contribution is -2.36. The second-order valence-electron chi connectivity index (χ2n) is 5.49. The molecule has 0 saturated carbocycles. The lowest BCUT2D eigenvalue weighted by atomic mass is 10.2. The maximum absolute atomic E-state index is 12.2. The minimum Gasteiger partial charge on any atom is -0.338 e. The summed E-state index contributed by atoms with van der Waals surface area (Å²) in [6, 6.07) is 13.9. The molecule has 0 N–H and O–H groups in total. The number of rotatable bonds is 4. The Kier molecular flexibility index (Phi) is 6.93. The van der Waals surface area contributed by atoms with E-state index in [-0.39, 0.29) is 5.91 Å². The van der Waals surface area contributed by atoms with Crippen LogP contribution in [-0.4, -0.2) is 35.4 Å². The van der Waals surface area contributed by atoms with Crippen molar-refractivity contribution < 1.29 is 4.79 Å². The molecule has 1 aliphatic rings. The number of halogens is 2. The zero-order valence-corrected chi connectivity index (χ0v) is 17.4. The minimum absolute atomic E-state index is 0.0723. The van der Waals surface area contributed by atoms with Gasteiger partial charge in [0.05, 0.1) is 5.02 Å². The summed E-state index contributed by atoms with van der Waals surface area (Å²) >= 11 is 13.5. The first-order valence-corrected chi connectivity index (χ1v) is 11.0. The van der Waals surface area contributed by atoms with Gasteiger partial charge in [0.15, 0.2) is 0 Å². The fourth-order valence-electron chi connectivity index (χ4n) is 2.41. The fraction of sp³-hybridized carbons (Fsp3) is 0.211. The van der Waals surface area contributed by atoms with Gasteiger partial charge in [0.25, 0.3) is 0 Å². The molecule has 0 aromatic heterocycles. The molecule has 1 fully saturated rings. The molecule has 0 radical (unpaired) electrons. The molecular formula is C19H17BrClNOS2. The molecule has 0 spiro atoms. The van der Waals surface area contributed by atoms with Crippen LogP contribution in [0.15, 0.2) is 62.8 Å². The van der Waals surface area contributed by atoms with Crippen molar-refractivity contribution in [3.8, 4) is 0 Å². The van der Waals surface area contributed by atoms with Gasteiger partial charge in [0.2, 0.25) is 5.91 Å². The molecule has 2 aromatic rings. The van der Waals surface area contributed by atoms with Crippen LogP contribution in [-0.2, 0) is 4.79 Å². The van der Waals surface area contributed by atoms with Crippen LogP contribution in [0.2, 0.25) is 5.02 Å². The Balaban J connectivity index is 1.68. The average molecular weight is 455 g/mol. The Labute approximate surface area is 170 Å². The molecule has 1 amide bonds. The lowest BCUT2D eigenvalue weighted by molar-refractivity contribution is -0.125. The number of carbonyl (C=O) groups is 1. The quantitative estimate of drug-likeness (QED) is 0.541. The molecule has 1 aliphatic heterocycles. The Morgan fingerprint density at radius 3 is 2.64 bits per heavy atom. The van der Waals surface area contributed by atoms with E-state index in [4.69, 9.17) is 11.6 Å². The van der Waals surface area contributed by atoms with E-state index in [1.165, 1.54) is 0 Å². The molecule has 0 unspecified atom stereocenters. The van der Waals surface area contributed by atoms with Crippen LogP contribution >= 0.6 is 51.1 Å². The number of benzene rings is 2. The highest BCUT2D eigenvalue weighted by Gasteiger charge is 2.14. The van der Waals surface area contributed by atoms with Crippen molar-refractivity contribution in [3.05, 3.63) is 63.6 Å². The van der Waals surface area contributed by atoms with Crippen molar-refractivity contribution in [2.45, 2.75) is 9.79 Å². The second-order valence-corrected chi connectivity index (χ2v) is 9.06. The van der Waals surface area contributed by atoms with Crippen molar-refractivity contribution in [2.24, 2.45) is 0 Å². The van der Waals surface area contributed by atoms with Gasteiger partial charge in [0, 0.05) is 44.9 Å². The topological polar surface area (TPSA) is 20.3 Å². The average Bonchev–Trinajstić information content (AvgIpc) is 2.64. The zero-order chi connectivity index (χ0) is 17.6. The molecule has 6 heteroatoms. The molecule has 2 nitrogen and oxygen atoms in total. The van der Waals surface area contributed by atoms with Gasteiger partial charge in [-0.1, -0.05) is 41.6 Å². The largest absolute Gasteiger partial charge is 0.338 e. The second kappa shape index (κ2) is 9.17. The number of hydrogen-bond donors (Lipinski definition) is 0. The van der Waals surface area contributed by atoms with Crippen LogP contribution in [0.3, 0.4) is 0 Å². The maximum atomic E-state index is 12.2. The maximum Gasteiger partial charge on any atom is 0.246 e. The van der Waals surface area contributed by atoms with E-state index in [2.05, 4.69) is 22.0 Å². The molecule has 130 valence electrons. The number of carbonyl (C=O) groups excluding carboxylic acids is 1. The summed E-state index contributed by atoms with van der Waals surface area (Å²) in [5.74, 6) is 2.11. The SMILES string of the molecule is O=C(/C=C/c1ccc(Sc2ccccc2Br)c(Cl)c1)N1CCSCC1.